The first kappa shape index (κ1) is 29.4. The Balaban J connectivity index is 1.61. The third kappa shape index (κ3) is 5.44. The first-order chi connectivity index (χ1) is 19.8. The molecular weight excluding hydrogens is 519 g/mol. The van der Waals surface area contributed by atoms with Crippen molar-refractivity contribution in [1.29, 1.82) is 0 Å². The molecule has 5 unspecified atom stereocenters. The van der Waals surface area contributed by atoms with Gasteiger partial charge in [-0.25, -0.2) is 0 Å². The van der Waals surface area contributed by atoms with E-state index >= 15 is 4.57 Å². The zero-order chi connectivity index (χ0) is 29.1. The first-order valence-electron chi connectivity index (χ1n) is 15.3. The SMILES string of the molecule is CCCC(C)C(C)(CC(CC(C)(CC)P1(=O)Oc2ccccc2-c2ccccc21)c1ccccc1)c1ccccc1. The van der Waals surface area contributed by atoms with Crippen LogP contribution in [0.25, 0.3) is 11.1 Å². The quantitative estimate of drug-likeness (QED) is 0.169. The van der Waals surface area contributed by atoms with Crippen molar-refractivity contribution < 1.29 is 9.09 Å². The van der Waals surface area contributed by atoms with Crippen LogP contribution in [0.3, 0.4) is 0 Å². The summed E-state index contributed by atoms with van der Waals surface area (Å²) in [5.41, 5.74) is 4.74. The van der Waals surface area contributed by atoms with Crippen LogP contribution < -0.4 is 9.83 Å². The van der Waals surface area contributed by atoms with Gasteiger partial charge in [0.15, 0.2) is 0 Å². The molecule has 1 aliphatic rings. The van der Waals surface area contributed by atoms with Crippen LogP contribution in [0.1, 0.15) is 83.8 Å². The van der Waals surface area contributed by atoms with Crippen LogP contribution in [0.15, 0.2) is 109 Å². The third-order valence-electron chi connectivity index (χ3n) is 9.97. The first-order valence-corrected chi connectivity index (χ1v) is 17.0. The lowest BCUT2D eigenvalue weighted by Gasteiger charge is -2.45. The number of para-hydroxylation sites is 1. The summed E-state index contributed by atoms with van der Waals surface area (Å²) < 4.78 is 22.2. The van der Waals surface area contributed by atoms with E-state index in [1.807, 2.05) is 36.4 Å². The maximum Gasteiger partial charge on any atom is 0.283 e. The number of fused-ring (bicyclic) bond motifs is 3. The van der Waals surface area contributed by atoms with E-state index in [1.165, 1.54) is 17.5 Å². The number of hydrogen-bond donors (Lipinski definition) is 0. The van der Waals surface area contributed by atoms with Crippen molar-refractivity contribution in [2.45, 2.75) is 83.2 Å². The normalized spacial score (nSPS) is 20.4. The molecule has 5 rings (SSSR count). The molecule has 0 spiro atoms. The topological polar surface area (TPSA) is 26.3 Å². The highest BCUT2D eigenvalue weighted by Gasteiger charge is 2.52. The largest absolute Gasteiger partial charge is 0.439 e. The van der Waals surface area contributed by atoms with Gasteiger partial charge in [-0.05, 0) is 72.3 Å². The molecular formula is C38H45O2P. The molecule has 1 heterocycles. The Morgan fingerprint density at radius 1 is 0.732 bits per heavy atom. The average molecular weight is 565 g/mol. The maximum atomic E-state index is 15.5. The Morgan fingerprint density at radius 2 is 1.32 bits per heavy atom. The van der Waals surface area contributed by atoms with E-state index in [9.17, 15) is 0 Å². The minimum atomic E-state index is -3.31. The Kier molecular flexibility index (Phi) is 8.62. The third-order valence-corrected chi connectivity index (χ3v) is 13.4. The predicted octanol–water partition coefficient (Wildman–Crippen LogP) is 10.8. The van der Waals surface area contributed by atoms with Gasteiger partial charge in [-0.15, -0.1) is 0 Å². The summed E-state index contributed by atoms with van der Waals surface area (Å²) in [6, 6.07) is 38.2. The molecule has 4 aromatic carbocycles. The highest BCUT2D eigenvalue weighted by atomic mass is 31.2. The predicted molar refractivity (Wildman–Crippen MR) is 175 cm³/mol. The lowest BCUT2D eigenvalue weighted by Crippen LogP contribution is -2.38. The molecule has 0 bridgehead atoms. The fourth-order valence-electron chi connectivity index (χ4n) is 7.04. The molecule has 4 aromatic rings. The lowest BCUT2D eigenvalue weighted by molar-refractivity contribution is 0.244. The van der Waals surface area contributed by atoms with E-state index in [1.54, 1.807) is 0 Å². The summed E-state index contributed by atoms with van der Waals surface area (Å²) in [5, 5.41) is 0.308. The zero-order valence-corrected chi connectivity index (χ0v) is 26.2. The Labute approximate surface area is 247 Å². The summed E-state index contributed by atoms with van der Waals surface area (Å²) in [7, 11) is -3.31. The molecule has 5 atom stereocenters. The van der Waals surface area contributed by atoms with Gasteiger partial charge in [0.25, 0.3) is 7.37 Å². The monoisotopic (exact) mass is 564 g/mol. The number of rotatable bonds is 11. The van der Waals surface area contributed by atoms with Crippen LogP contribution in [-0.4, -0.2) is 5.16 Å². The van der Waals surface area contributed by atoms with Crippen LogP contribution in [-0.2, 0) is 9.98 Å². The minimum absolute atomic E-state index is 0.0289. The second-order valence-electron chi connectivity index (χ2n) is 12.5. The molecule has 0 saturated carbocycles. The standard InChI is InChI=1S/C38H45O2P/c1-6-18-29(3)38(5,32-21-12-9-13-22-32)28-31(30-19-10-8-11-20-30)27-37(4,7-2)41(39)36-26-17-15-24-34(36)33-23-14-16-25-35(33)40-41/h8-17,19-26,29,31H,6-7,18,27-28H2,1-5H3. The van der Waals surface area contributed by atoms with Crippen LogP contribution >= 0.6 is 7.37 Å². The molecule has 0 N–H and O–H groups in total. The van der Waals surface area contributed by atoms with E-state index in [0.29, 0.717) is 5.92 Å². The van der Waals surface area contributed by atoms with Crippen LogP contribution in [0.2, 0.25) is 0 Å². The van der Waals surface area contributed by atoms with E-state index in [2.05, 4.69) is 107 Å². The van der Waals surface area contributed by atoms with Crippen LogP contribution in [0.4, 0.5) is 0 Å². The van der Waals surface area contributed by atoms with Gasteiger partial charge in [-0.3, -0.25) is 4.57 Å². The summed E-state index contributed by atoms with van der Waals surface area (Å²) in [6.07, 6.45) is 4.85. The van der Waals surface area contributed by atoms with Crippen molar-refractivity contribution >= 4 is 12.7 Å². The molecule has 214 valence electrons. The van der Waals surface area contributed by atoms with Crippen LogP contribution in [0, 0.1) is 5.92 Å². The van der Waals surface area contributed by atoms with Crippen LogP contribution in [0.5, 0.6) is 5.75 Å². The summed E-state index contributed by atoms with van der Waals surface area (Å²) in [4.78, 5) is 0. The summed E-state index contributed by atoms with van der Waals surface area (Å²) >= 11 is 0. The maximum absolute atomic E-state index is 15.5. The van der Waals surface area contributed by atoms with Crippen molar-refractivity contribution in [2.75, 3.05) is 0 Å². The molecule has 0 radical (unpaired) electrons. The number of hydrogen-bond acceptors (Lipinski definition) is 2. The van der Waals surface area contributed by atoms with Gasteiger partial charge in [0.05, 0.1) is 10.5 Å². The zero-order valence-electron chi connectivity index (χ0n) is 25.3. The molecule has 0 saturated heterocycles. The van der Waals surface area contributed by atoms with Gasteiger partial charge in [0.2, 0.25) is 0 Å². The molecule has 0 aliphatic carbocycles. The number of benzene rings is 4. The molecule has 1 aliphatic heterocycles. The second kappa shape index (κ2) is 12.0. The minimum Gasteiger partial charge on any atom is -0.439 e. The van der Waals surface area contributed by atoms with Gasteiger partial charge < -0.3 is 4.52 Å². The highest BCUT2D eigenvalue weighted by Crippen LogP contribution is 2.66. The van der Waals surface area contributed by atoms with Gasteiger partial charge in [-0.1, -0.05) is 138 Å². The molecule has 2 nitrogen and oxygen atoms in total. The van der Waals surface area contributed by atoms with Crippen molar-refractivity contribution in [1.82, 2.24) is 0 Å². The Bertz CT molecular complexity index is 1500. The molecule has 0 fully saturated rings. The fraction of sp³-hybridized carbons (Fsp3) is 0.368. The van der Waals surface area contributed by atoms with Gasteiger partial charge >= 0.3 is 0 Å². The molecule has 3 heteroatoms. The van der Waals surface area contributed by atoms with Crippen molar-refractivity contribution in [2.24, 2.45) is 5.92 Å². The smallest absolute Gasteiger partial charge is 0.283 e. The molecule has 41 heavy (non-hydrogen) atoms. The van der Waals surface area contributed by atoms with E-state index in [-0.39, 0.29) is 11.3 Å². The van der Waals surface area contributed by atoms with E-state index in [4.69, 9.17) is 4.52 Å². The average Bonchev–Trinajstić information content (AvgIpc) is 3.01. The summed E-state index contributed by atoms with van der Waals surface area (Å²) in [6.45, 7) is 11.5. The van der Waals surface area contributed by atoms with E-state index < -0.39 is 12.5 Å². The van der Waals surface area contributed by atoms with Gasteiger partial charge in [0, 0.05) is 5.56 Å². The molecule has 0 aromatic heterocycles. The summed E-state index contributed by atoms with van der Waals surface area (Å²) in [5.74, 6) is 1.45. The van der Waals surface area contributed by atoms with E-state index in [0.717, 1.165) is 47.9 Å². The fourth-order valence-corrected chi connectivity index (χ4v) is 10.0. The highest BCUT2D eigenvalue weighted by molar-refractivity contribution is 7.69. The van der Waals surface area contributed by atoms with Crippen molar-refractivity contribution in [3.63, 3.8) is 0 Å². The van der Waals surface area contributed by atoms with Crippen molar-refractivity contribution in [3.05, 3.63) is 120 Å². The Hall–Kier alpha value is -3.09. The van der Waals surface area contributed by atoms with Gasteiger partial charge in [0.1, 0.15) is 5.75 Å². The lowest BCUT2D eigenvalue weighted by atomic mass is 9.64. The second-order valence-corrected chi connectivity index (χ2v) is 15.3. The Morgan fingerprint density at radius 3 is 1.98 bits per heavy atom. The van der Waals surface area contributed by atoms with Gasteiger partial charge in [-0.2, -0.15) is 0 Å². The molecule has 0 amide bonds. The van der Waals surface area contributed by atoms with Crippen molar-refractivity contribution in [3.8, 4) is 16.9 Å².